The second kappa shape index (κ2) is 5.28. The van der Waals surface area contributed by atoms with Crippen LogP contribution in [0.25, 0.3) is 0 Å². The summed E-state index contributed by atoms with van der Waals surface area (Å²) in [5.74, 6) is 0.317. The third kappa shape index (κ3) is 2.58. The number of rotatable bonds is 3. The van der Waals surface area contributed by atoms with Gasteiger partial charge in [0.25, 0.3) is 5.91 Å². The molecule has 0 radical (unpaired) electrons. The van der Waals surface area contributed by atoms with E-state index in [2.05, 4.69) is 10.6 Å². The van der Waals surface area contributed by atoms with Gasteiger partial charge in [0, 0.05) is 11.3 Å². The maximum absolute atomic E-state index is 12.3. The minimum Gasteiger partial charge on any atom is -0.495 e. The number of amides is 2. The fourth-order valence-corrected chi connectivity index (χ4v) is 2.31. The van der Waals surface area contributed by atoms with Crippen molar-refractivity contribution in [3.8, 4) is 5.75 Å². The van der Waals surface area contributed by atoms with E-state index in [1.54, 1.807) is 37.4 Å². The van der Waals surface area contributed by atoms with E-state index in [-0.39, 0.29) is 11.8 Å². The number of para-hydroxylation sites is 2. The molecule has 5 nitrogen and oxygen atoms in total. The number of benzene rings is 2. The van der Waals surface area contributed by atoms with Gasteiger partial charge in [-0.05, 0) is 35.9 Å². The second-order valence-electron chi connectivity index (χ2n) is 4.75. The van der Waals surface area contributed by atoms with Crippen LogP contribution in [0.5, 0.6) is 5.75 Å². The molecule has 3 rings (SSSR count). The van der Waals surface area contributed by atoms with Crippen molar-refractivity contribution in [2.24, 2.45) is 0 Å². The van der Waals surface area contributed by atoms with Gasteiger partial charge in [-0.3, -0.25) is 9.59 Å². The zero-order valence-corrected chi connectivity index (χ0v) is 11.5. The first-order valence-corrected chi connectivity index (χ1v) is 6.54. The topological polar surface area (TPSA) is 67.4 Å². The number of anilines is 2. The van der Waals surface area contributed by atoms with E-state index in [4.69, 9.17) is 4.74 Å². The van der Waals surface area contributed by atoms with E-state index in [0.29, 0.717) is 23.4 Å². The van der Waals surface area contributed by atoms with Crippen LogP contribution in [0.2, 0.25) is 0 Å². The third-order valence-corrected chi connectivity index (χ3v) is 3.35. The molecule has 1 heterocycles. The highest BCUT2D eigenvalue weighted by atomic mass is 16.5. The summed E-state index contributed by atoms with van der Waals surface area (Å²) in [6, 6.07) is 12.4. The lowest BCUT2D eigenvalue weighted by atomic mass is 10.1. The molecule has 0 aromatic heterocycles. The molecule has 0 saturated heterocycles. The first kappa shape index (κ1) is 13.2. The Balaban J connectivity index is 1.83. The van der Waals surface area contributed by atoms with Crippen LogP contribution in [0.1, 0.15) is 15.9 Å². The van der Waals surface area contributed by atoms with E-state index in [1.165, 1.54) is 0 Å². The second-order valence-corrected chi connectivity index (χ2v) is 4.75. The Morgan fingerprint density at radius 3 is 2.86 bits per heavy atom. The van der Waals surface area contributed by atoms with Gasteiger partial charge in [0.1, 0.15) is 5.75 Å². The van der Waals surface area contributed by atoms with Gasteiger partial charge in [-0.25, -0.2) is 0 Å². The van der Waals surface area contributed by atoms with Gasteiger partial charge in [-0.2, -0.15) is 0 Å². The van der Waals surface area contributed by atoms with E-state index >= 15 is 0 Å². The van der Waals surface area contributed by atoms with Gasteiger partial charge in [-0.1, -0.05) is 12.1 Å². The molecule has 0 saturated carbocycles. The lowest BCUT2D eigenvalue weighted by Gasteiger charge is -2.10. The van der Waals surface area contributed by atoms with Crippen molar-refractivity contribution in [2.75, 3.05) is 17.7 Å². The van der Waals surface area contributed by atoms with Crippen LogP contribution < -0.4 is 15.4 Å². The Morgan fingerprint density at radius 1 is 1.24 bits per heavy atom. The van der Waals surface area contributed by atoms with E-state index in [9.17, 15) is 9.59 Å². The highest BCUT2D eigenvalue weighted by Crippen LogP contribution is 2.26. The monoisotopic (exact) mass is 282 g/mol. The van der Waals surface area contributed by atoms with Crippen molar-refractivity contribution < 1.29 is 14.3 Å². The number of nitrogens with one attached hydrogen (secondary N) is 2. The van der Waals surface area contributed by atoms with Gasteiger partial charge >= 0.3 is 0 Å². The van der Waals surface area contributed by atoms with Crippen LogP contribution >= 0.6 is 0 Å². The number of hydrogen-bond acceptors (Lipinski definition) is 3. The Bertz CT molecular complexity index is 725. The van der Waals surface area contributed by atoms with Gasteiger partial charge in [0.2, 0.25) is 5.91 Å². The van der Waals surface area contributed by atoms with Crippen LogP contribution in [-0.2, 0) is 11.2 Å². The van der Waals surface area contributed by atoms with E-state index in [0.717, 1.165) is 11.3 Å². The van der Waals surface area contributed by atoms with Gasteiger partial charge < -0.3 is 15.4 Å². The highest BCUT2D eigenvalue weighted by molar-refractivity contribution is 6.07. The zero-order valence-electron chi connectivity index (χ0n) is 11.5. The molecule has 0 fully saturated rings. The van der Waals surface area contributed by atoms with E-state index < -0.39 is 0 Å². The fourth-order valence-electron chi connectivity index (χ4n) is 2.31. The molecule has 106 valence electrons. The minimum atomic E-state index is -0.235. The van der Waals surface area contributed by atoms with Crippen molar-refractivity contribution in [3.05, 3.63) is 53.6 Å². The molecule has 1 aliphatic rings. The van der Waals surface area contributed by atoms with Crippen molar-refractivity contribution in [1.82, 2.24) is 0 Å². The molecule has 21 heavy (non-hydrogen) atoms. The fraction of sp³-hybridized carbons (Fsp3) is 0.125. The average molecular weight is 282 g/mol. The Hall–Kier alpha value is -2.82. The number of carbonyl (C=O) groups is 2. The molecule has 2 N–H and O–H groups in total. The molecule has 0 atom stereocenters. The smallest absolute Gasteiger partial charge is 0.255 e. The van der Waals surface area contributed by atoms with Crippen LogP contribution in [0.3, 0.4) is 0 Å². The third-order valence-electron chi connectivity index (χ3n) is 3.35. The molecular formula is C16H14N2O3. The standard InChI is InChI=1S/C16H14N2O3/c1-21-14-5-3-2-4-13(14)18-16(20)10-6-7-12-11(8-10)9-15(19)17-12/h2-8H,9H2,1H3,(H,17,19)(H,18,20). The summed E-state index contributed by atoms with van der Waals surface area (Å²) in [5, 5.41) is 5.55. The first-order chi connectivity index (χ1) is 10.2. The largest absolute Gasteiger partial charge is 0.495 e. The summed E-state index contributed by atoms with van der Waals surface area (Å²) >= 11 is 0. The highest BCUT2D eigenvalue weighted by Gasteiger charge is 2.19. The molecule has 0 aliphatic carbocycles. The maximum atomic E-state index is 12.3. The normalized spacial score (nSPS) is 12.5. The lowest BCUT2D eigenvalue weighted by Crippen LogP contribution is -2.12. The predicted molar refractivity (Wildman–Crippen MR) is 79.7 cm³/mol. The number of carbonyl (C=O) groups excluding carboxylic acids is 2. The zero-order chi connectivity index (χ0) is 14.8. The summed E-state index contributed by atoms with van der Waals surface area (Å²) in [5.41, 5.74) is 2.73. The summed E-state index contributed by atoms with van der Waals surface area (Å²) in [6.45, 7) is 0. The molecule has 0 unspecified atom stereocenters. The first-order valence-electron chi connectivity index (χ1n) is 6.54. The number of ether oxygens (including phenoxy) is 1. The quantitative estimate of drug-likeness (QED) is 0.908. The summed E-state index contributed by atoms with van der Waals surface area (Å²) in [6.07, 6.45) is 0.311. The van der Waals surface area contributed by atoms with Gasteiger partial charge in [-0.15, -0.1) is 0 Å². The molecule has 1 aliphatic heterocycles. The Kier molecular flexibility index (Phi) is 3.31. The van der Waals surface area contributed by atoms with Gasteiger partial charge in [0.05, 0.1) is 19.2 Å². The van der Waals surface area contributed by atoms with E-state index in [1.807, 2.05) is 12.1 Å². The summed E-state index contributed by atoms with van der Waals surface area (Å²) in [7, 11) is 1.55. The maximum Gasteiger partial charge on any atom is 0.255 e. The molecule has 0 bridgehead atoms. The average Bonchev–Trinajstić information content (AvgIpc) is 2.86. The number of methoxy groups -OCH3 is 1. The Labute approximate surface area is 121 Å². The van der Waals surface area contributed by atoms with Crippen molar-refractivity contribution in [2.45, 2.75) is 6.42 Å². The molecule has 2 aromatic carbocycles. The van der Waals surface area contributed by atoms with Crippen LogP contribution in [0.4, 0.5) is 11.4 Å². The molecule has 5 heteroatoms. The molecular weight excluding hydrogens is 268 g/mol. The molecule has 0 spiro atoms. The van der Waals surface area contributed by atoms with Crippen LogP contribution in [-0.4, -0.2) is 18.9 Å². The van der Waals surface area contributed by atoms with Crippen LogP contribution in [0.15, 0.2) is 42.5 Å². The Morgan fingerprint density at radius 2 is 2.05 bits per heavy atom. The van der Waals surface area contributed by atoms with Crippen molar-refractivity contribution in [1.29, 1.82) is 0 Å². The number of hydrogen-bond donors (Lipinski definition) is 2. The lowest BCUT2D eigenvalue weighted by molar-refractivity contribution is -0.115. The number of fused-ring (bicyclic) bond motifs is 1. The van der Waals surface area contributed by atoms with Crippen LogP contribution in [0, 0.1) is 0 Å². The SMILES string of the molecule is COc1ccccc1NC(=O)c1ccc2c(c1)CC(=O)N2. The molecule has 2 aromatic rings. The molecule has 2 amide bonds. The summed E-state index contributed by atoms with van der Waals surface area (Å²) < 4.78 is 5.20. The van der Waals surface area contributed by atoms with Crippen molar-refractivity contribution >= 4 is 23.2 Å². The van der Waals surface area contributed by atoms with Crippen molar-refractivity contribution in [3.63, 3.8) is 0 Å². The predicted octanol–water partition coefficient (Wildman–Crippen LogP) is 2.44. The van der Waals surface area contributed by atoms with Gasteiger partial charge in [0.15, 0.2) is 0 Å². The minimum absolute atomic E-state index is 0.0488. The summed E-state index contributed by atoms with van der Waals surface area (Å²) in [4.78, 5) is 23.6.